The number of pyridine rings is 1. The van der Waals surface area contributed by atoms with E-state index in [9.17, 15) is 4.79 Å². The highest BCUT2D eigenvalue weighted by molar-refractivity contribution is 7.99. The summed E-state index contributed by atoms with van der Waals surface area (Å²) in [5.41, 5.74) is 1.10. The average molecular weight is 325 g/mol. The Balaban J connectivity index is 1.85. The van der Waals surface area contributed by atoms with Crippen LogP contribution in [-0.4, -0.2) is 21.5 Å². The van der Waals surface area contributed by atoms with E-state index in [-0.39, 0.29) is 11.3 Å². The van der Waals surface area contributed by atoms with E-state index in [2.05, 4.69) is 4.98 Å². The molecule has 20 heavy (non-hydrogen) atoms. The highest BCUT2D eigenvalue weighted by atomic mass is 35.5. The molecule has 0 bridgehead atoms. The van der Waals surface area contributed by atoms with Crippen molar-refractivity contribution in [3.05, 3.63) is 51.4 Å². The number of carbonyl (C=O) groups is 1. The van der Waals surface area contributed by atoms with Crippen LogP contribution in [0.1, 0.15) is 22.2 Å². The lowest BCUT2D eigenvalue weighted by molar-refractivity contribution is -0.132. The number of aromatic nitrogens is 1. The van der Waals surface area contributed by atoms with Crippen LogP contribution in [0, 0.1) is 0 Å². The van der Waals surface area contributed by atoms with Crippen molar-refractivity contribution in [3.63, 3.8) is 0 Å². The predicted octanol–water partition coefficient (Wildman–Crippen LogP) is 3.96. The minimum atomic E-state index is 0.0712. The Hall–Kier alpha value is -1.04. The molecule has 0 aliphatic carbocycles. The first-order valence-electron chi connectivity index (χ1n) is 6.29. The summed E-state index contributed by atoms with van der Waals surface area (Å²) in [6.45, 7) is 0.620. The average Bonchev–Trinajstić information content (AvgIpc) is 2.89. The topological polar surface area (TPSA) is 33.2 Å². The highest BCUT2D eigenvalue weighted by Gasteiger charge is 2.30. The maximum Gasteiger partial charge on any atom is 0.224 e. The summed E-state index contributed by atoms with van der Waals surface area (Å²) in [7, 11) is 0. The summed E-state index contributed by atoms with van der Waals surface area (Å²) in [6.07, 6.45) is 4.12. The Kier molecular flexibility index (Phi) is 4.29. The zero-order chi connectivity index (χ0) is 13.9. The molecule has 3 nitrogen and oxygen atoms in total. The van der Waals surface area contributed by atoms with E-state index >= 15 is 0 Å². The molecule has 104 valence electrons. The zero-order valence-corrected chi connectivity index (χ0v) is 13.0. The van der Waals surface area contributed by atoms with Crippen LogP contribution in [0.2, 0.25) is 4.34 Å². The molecular weight excluding hydrogens is 312 g/mol. The number of rotatable bonds is 3. The van der Waals surface area contributed by atoms with E-state index in [1.165, 1.54) is 0 Å². The van der Waals surface area contributed by atoms with E-state index in [1.807, 2.05) is 29.2 Å². The molecule has 1 aliphatic heterocycles. The van der Waals surface area contributed by atoms with Gasteiger partial charge in [-0.25, -0.2) is 0 Å². The lowest BCUT2D eigenvalue weighted by Crippen LogP contribution is -2.36. The van der Waals surface area contributed by atoms with Gasteiger partial charge in [-0.15, -0.1) is 23.1 Å². The molecule has 0 aromatic carbocycles. The Bertz CT molecular complexity index is 602. The van der Waals surface area contributed by atoms with E-state index in [0.717, 1.165) is 20.5 Å². The molecular formula is C14H13ClN2OS2. The molecule has 1 saturated heterocycles. The fourth-order valence-corrected chi connectivity index (χ4v) is 4.71. The predicted molar refractivity (Wildman–Crippen MR) is 83.9 cm³/mol. The van der Waals surface area contributed by atoms with Crippen LogP contribution < -0.4 is 0 Å². The quantitative estimate of drug-likeness (QED) is 0.856. The van der Waals surface area contributed by atoms with Crippen molar-refractivity contribution in [2.24, 2.45) is 0 Å². The van der Waals surface area contributed by atoms with Crippen LogP contribution in [0.15, 0.2) is 36.7 Å². The van der Waals surface area contributed by atoms with Crippen LogP contribution >= 0.6 is 34.7 Å². The summed E-state index contributed by atoms with van der Waals surface area (Å²) < 4.78 is 0.766. The van der Waals surface area contributed by atoms with Crippen LogP contribution in [-0.2, 0) is 11.3 Å². The molecule has 0 radical (unpaired) electrons. The SMILES string of the molecule is O=C1CCSC(c2ccc(Cl)s2)N1Cc1ccncc1. The van der Waals surface area contributed by atoms with Crippen molar-refractivity contribution in [1.29, 1.82) is 0 Å². The molecule has 0 saturated carbocycles. The van der Waals surface area contributed by atoms with Gasteiger partial charge in [-0.1, -0.05) is 11.6 Å². The lowest BCUT2D eigenvalue weighted by atomic mass is 10.2. The van der Waals surface area contributed by atoms with Crippen molar-refractivity contribution in [2.45, 2.75) is 18.3 Å². The van der Waals surface area contributed by atoms with Gasteiger partial charge in [0.05, 0.1) is 4.34 Å². The van der Waals surface area contributed by atoms with Crippen molar-refractivity contribution in [2.75, 3.05) is 5.75 Å². The normalized spacial score (nSPS) is 19.4. The Morgan fingerprint density at radius 1 is 1.30 bits per heavy atom. The maximum absolute atomic E-state index is 12.3. The highest BCUT2D eigenvalue weighted by Crippen LogP contribution is 2.41. The molecule has 1 fully saturated rings. The van der Waals surface area contributed by atoms with Crippen molar-refractivity contribution >= 4 is 40.6 Å². The van der Waals surface area contributed by atoms with Crippen molar-refractivity contribution < 1.29 is 4.79 Å². The second-order valence-corrected chi connectivity index (χ2v) is 7.43. The Labute approximate surface area is 131 Å². The van der Waals surface area contributed by atoms with Gasteiger partial charge in [0, 0.05) is 36.0 Å². The fourth-order valence-electron chi connectivity index (χ4n) is 2.17. The third-order valence-electron chi connectivity index (χ3n) is 3.13. The first kappa shape index (κ1) is 13.9. The summed E-state index contributed by atoms with van der Waals surface area (Å²) in [4.78, 5) is 19.3. The molecule has 1 unspecified atom stereocenters. The van der Waals surface area contributed by atoms with Crippen molar-refractivity contribution in [1.82, 2.24) is 9.88 Å². The first-order valence-corrected chi connectivity index (χ1v) is 8.53. The molecule has 1 amide bonds. The Morgan fingerprint density at radius 3 is 2.80 bits per heavy atom. The number of nitrogens with zero attached hydrogens (tertiary/aromatic N) is 2. The monoisotopic (exact) mass is 324 g/mol. The van der Waals surface area contributed by atoms with Gasteiger partial charge in [-0.05, 0) is 29.8 Å². The van der Waals surface area contributed by atoms with Crippen LogP contribution in [0.3, 0.4) is 0 Å². The van der Waals surface area contributed by atoms with E-state index in [4.69, 9.17) is 11.6 Å². The van der Waals surface area contributed by atoms with E-state index in [0.29, 0.717) is 13.0 Å². The summed E-state index contributed by atoms with van der Waals surface area (Å²) in [5.74, 6) is 1.07. The number of carbonyl (C=O) groups excluding carboxylic acids is 1. The fraction of sp³-hybridized carbons (Fsp3) is 0.286. The molecule has 3 rings (SSSR count). The third kappa shape index (κ3) is 3.00. The number of thiophene rings is 1. The zero-order valence-electron chi connectivity index (χ0n) is 10.7. The summed E-state index contributed by atoms with van der Waals surface area (Å²) >= 11 is 9.37. The minimum Gasteiger partial charge on any atom is -0.321 e. The molecule has 2 aromatic heterocycles. The van der Waals surface area contributed by atoms with E-state index < -0.39 is 0 Å². The van der Waals surface area contributed by atoms with Crippen LogP contribution in [0.5, 0.6) is 0 Å². The van der Waals surface area contributed by atoms with Gasteiger partial charge in [0.25, 0.3) is 0 Å². The first-order chi connectivity index (χ1) is 9.74. The minimum absolute atomic E-state index is 0.0712. The largest absolute Gasteiger partial charge is 0.321 e. The van der Waals surface area contributed by atoms with Crippen LogP contribution in [0.4, 0.5) is 0 Å². The number of amides is 1. The van der Waals surface area contributed by atoms with Gasteiger partial charge >= 0.3 is 0 Å². The van der Waals surface area contributed by atoms with Gasteiger partial charge in [0.1, 0.15) is 5.37 Å². The number of hydrogen-bond donors (Lipinski definition) is 0. The smallest absolute Gasteiger partial charge is 0.224 e. The van der Waals surface area contributed by atoms with Gasteiger partial charge in [-0.3, -0.25) is 9.78 Å². The Morgan fingerprint density at radius 2 is 2.10 bits per heavy atom. The summed E-state index contributed by atoms with van der Waals surface area (Å²) in [6, 6.07) is 7.81. The second-order valence-electron chi connectivity index (χ2n) is 4.49. The molecule has 1 atom stereocenters. The molecule has 0 N–H and O–H groups in total. The van der Waals surface area contributed by atoms with Crippen molar-refractivity contribution in [3.8, 4) is 0 Å². The van der Waals surface area contributed by atoms with Gasteiger partial charge in [0.2, 0.25) is 5.91 Å². The van der Waals surface area contributed by atoms with Gasteiger partial charge in [-0.2, -0.15) is 0 Å². The number of halogens is 1. The standard InChI is InChI=1S/C14H13ClN2OS2/c15-12-2-1-11(20-12)14-17(13(18)5-8-19-14)9-10-3-6-16-7-4-10/h1-4,6-7,14H,5,8-9H2. The maximum atomic E-state index is 12.3. The molecule has 6 heteroatoms. The van der Waals surface area contributed by atoms with Gasteiger partial charge in [0.15, 0.2) is 0 Å². The molecule has 0 spiro atoms. The van der Waals surface area contributed by atoms with Crippen LogP contribution in [0.25, 0.3) is 0 Å². The van der Waals surface area contributed by atoms with Gasteiger partial charge < -0.3 is 4.90 Å². The van der Waals surface area contributed by atoms with E-state index in [1.54, 1.807) is 35.5 Å². The second kappa shape index (κ2) is 6.16. The summed E-state index contributed by atoms with van der Waals surface area (Å²) in [5, 5.41) is 0.0712. The third-order valence-corrected chi connectivity index (χ3v) is 5.83. The number of thioether (sulfide) groups is 1. The number of hydrogen-bond acceptors (Lipinski definition) is 4. The molecule has 3 heterocycles. The molecule has 2 aromatic rings. The molecule has 1 aliphatic rings. The lowest BCUT2D eigenvalue weighted by Gasteiger charge is -2.34.